The van der Waals surface area contributed by atoms with Crippen LogP contribution in [0.4, 0.5) is 0 Å². The van der Waals surface area contributed by atoms with Crippen LogP contribution < -0.4 is 9.47 Å². The highest BCUT2D eigenvalue weighted by atomic mass is 32.2. The molecule has 5 aromatic rings. The number of methoxy groups -OCH3 is 1. The summed E-state index contributed by atoms with van der Waals surface area (Å²) in [5.74, 6) is 1.70. The summed E-state index contributed by atoms with van der Waals surface area (Å²) in [5, 5.41) is 0. The predicted octanol–water partition coefficient (Wildman–Crippen LogP) is 5.66. The fourth-order valence-corrected chi connectivity index (χ4v) is 5.85. The van der Waals surface area contributed by atoms with Gasteiger partial charge in [-0.3, -0.25) is 4.90 Å². The lowest BCUT2D eigenvalue weighted by Crippen LogP contribution is -2.38. The summed E-state index contributed by atoms with van der Waals surface area (Å²) in [6.07, 6.45) is 0. The standard InChI is InChI=1S/C30H30N4O3S/c1-33-28(21-7-9-22(35-2)10-8-21)29(27-30(33)32-26-6-4-3-5-25(26)31-27)38-24-13-11-23(12-14-24)37-20-17-34-15-18-36-19-16-34/h3-14H,15-20H2,1-2H3. The maximum Gasteiger partial charge on any atom is 0.160 e. The van der Waals surface area contributed by atoms with E-state index in [2.05, 4.69) is 40.8 Å². The fraction of sp³-hybridized carbons (Fsp3) is 0.267. The Morgan fingerprint density at radius 3 is 2.26 bits per heavy atom. The van der Waals surface area contributed by atoms with Crippen LogP contribution in [0.5, 0.6) is 11.5 Å². The number of morpholine rings is 1. The molecular weight excluding hydrogens is 496 g/mol. The summed E-state index contributed by atoms with van der Waals surface area (Å²) in [7, 11) is 3.74. The normalized spacial score (nSPS) is 14.3. The molecule has 0 unspecified atom stereocenters. The molecule has 0 radical (unpaired) electrons. The van der Waals surface area contributed by atoms with Gasteiger partial charge in [0.1, 0.15) is 23.6 Å². The van der Waals surface area contributed by atoms with Crippen molar-refractivity contribution in [2.24, 2.45) is 7.05 Å². The fourth-order valence-electron chi connectivity index (χ4n) is 4.76. The maximum atomic E-state index is 6.02. The van der Waals surface area contributed by atoms with Crippen molar-refractivity contribution >= 4 is 34.0 Å². The summed E-state index contributed by atoms with van der Waals surface area (Å²) in [6.45, 7) is 5.13. The average Bonchev–Trinajstić information content (AvgIpc) is 3.23. The van der Waals surface area contributed by atoms with Gasteiger partial charge in [-0.2, -0.15) is 0 Å². The Bertz CT molecular complexity index is 1540. The van der Waals surface area contributed by atoms with E-state index < -0.39 is 0 Å². The van der Waals surface area contributed by atoms with Gasteiger partial charge < -0.3 is 18.8 Å². The second-order valence-corrected chi connectivity index (χ2v) is 10.3. The molecule has 0 N–H and O–H groups in total. The molecule has 0 amide bonds. The van der Waals surface area contributed by atoms with Crippen LogP contribution in [-0.4, -0.2) is 66.0 Å². The first-order valence-corrected chi connectivity index (χ1v) is 13.6. The molecular formula is C30H30N4O3S. The van der Waals surface area contributed by atoms with Crippen molar-refractivity contribution in [2.75, 3.05) is 46.6 Å². The Morgan fingerprint density at radius 1 is 0.868 bits per heavy atom. The van der Waals surface area contributed by atoms with Gasteiger partial charge in [0.2, 0.25) is 0 Å². The number of aromatic nitrogens is 3. The van der Waals surface area contributed by atoms with E-state index in [9.17, 15) is 0 Å². The van der Waals surface area contributed by atoms with Crippen LogP contribution in [0.15, 0.2) is 82.6 Å². The monoisotopic (exact) mass is 526 g/mol. The lowest BCUT2D eigenvalue weighted by atomic mass is 10.1. The molecule has 1 saturated heterocycles. The largest absolute Gasteiger partial charge is 0.497 e. The van der Waals surface area contributed by atoms with Crippen molar-refractivity contribution in [1.29, 1.82) is 0 Å². The van der Waals surface area contributed by atoms with E-state index >= 15 is 0 Å². The van der Waals surface area contributed by atoms with Crippen LogP contribution >= 0.6 is 11.8 Å². The van der Waals surface area contributed by atoms with Gasteiger partial charge in [0.05, 0.1) is 41.9 Å². The van der Waals surface area contributed by atoms with E-state index in [1.807, 2.05) is 48.5 Å². The van der Waals surface area contributed by atoms with Crippen LogP contribution in [0.2, 0.25) is 0 Å². The lowest BCUT2D eigenvalue weighted by molar-refractivity contribution is 0.0322. The van der Waals surface area contributed by atoms with Crippen molar-refractivity contribution in [3.8, 4) is 22.8 Å². The van der Waals surface area contributed by atoms with Gasteiger partial charge >= 0.3 is 0 Å². The minimum absolute atomic E-state index is 0.667. The molecule has 38 heavy (non-hydrogen) atoms. The van der Waals surface area contributed by atoms with Gasteiger partial charge in [0, 0.05) is 31.6 Å². The first-order chi connectivity index (χ1) is 18.7. The molecule has 1 fully saturated rings. The zero-order valence-electron chi connectivity index (χ0n) is 21.6. The first-order valence-electron chi connectivity index (χ1n) is 12.8. The highest BCUT2D eigenvalue weighted by molar-refractivity contribution is 7.99. The topological polar surface area (TPSA) is 61.6 Å². The third-order valence-electron chi connectivity index (χ3n) is 6.82. The minimum atomic E-state index is 0.667. The summed E-state index contributed by atoms with van der Waals surface area (Å²) in [6, 6.07) is 24.5. The van der Waals surface area contributed by atoms with Gasteiger partial charge in [-0.15, -0.1) is 0 Å². The van der Waals surface area contributed by atoms with Crippen LogP contribution in [0, 0.1) is 0 Å². The third-order valence-corrected chi connectivity index (χ3v) is 7.92. The molecule has 1 aliphatic rings. The second kappa shape index (κ2) is 11.0. The molecule has 194 valence electrons. The van der Waals surface area contributed by atoms with E-state index in [-0.39, 0.29) is 0 Å². The van der Waals surface area contributed by atoms with Crippen molar-refractivity contribution in [3.63, 3.8) is 0 Å². The predicted molar refractivity (Wildman–Crippen MR) is 151 cm³/mol. The molecule has 0 atom stereocenters. The minimum Gasteiger partial charge on any atom is -0.497 e. The zero-order valence-corrected chi connectivity index (χ0v) is 22.4. The van der Waals surface area contributed by atoms with Crippen molar-refractivity contribution in [1.82, 2.24) is 19.4 Å². The molecule has 7 nitrogen and oxygen atoms in total. The quantitative estimate of drug-likeness (QED) is 0.259. The number of hydrogen-bond acceptors (Lipinski definition) is 7. The molecule has 2 aromatic heterocycles. The lowest BCUT2D eigenvalue weighted by Gasteiger charge is -2.26. The zero-order chi connectivity index (χ0) is 25.9. The summed E-state index contributed by atoms with van der Waals surface area (Å²) >= 11 is 1.70. The Kier molecular flexibility index (Phi) is 7.18. The molecule has 0 bridgehead atoms. The van der Waals surface area contributed by atoms with Crippen LogP contribution in [0.25, 0.3) is 33.5 Å². The van der Waals surface area contributed by atoms with Crippen LogP contribution in [0.3, 0.4) is 0 Å². The molecule has 0 aliphatic carbocycles. The van der Waals surface area contributed by atoms with Gasteiger partial charge in [0.25, 0.3) is 0 Å². The smallest absolute Gasteiger partial charge is 0.160 e. The molecule has 1 aliphatic heterocycles. The van der Waals surface area contributed by atoms with Crippen molar-refractivity contribution in [2.45, 2.75) is 9.79 Å². The number of ether oxygens (including phenoxy) is 3. The average molecular weight is 527 g/mol. The number of aryl methyl sites for hydroxylation is 1. The van der Waals surface area contributed by atoms with E-state index in [0.717, 1.165) is 87.6 Å². The molecule has 6 rings (SSSR count). The Balaban J connectivity index is 1.31. The van der Waals surface area contributed by atoms with Crippen LogP contribution in [-0.2, 0) is 11.8 Å². The van der Waals surface area contributed by atoms with Gasteiger partial charge in [-0.05, 0) is 66.2 Å². The number of hydrogen-bond donors (Lipinski definition) is 0. The Labute approximate surface area is 226 Å². The van der Waals surface area contributed by atoms with E-state index in [1.165, 1.54) is 0 Å². The van der Waals surface area contributed by atoms with Gasteiger partial charge in [0.15, 0.2) is 5.65 Å². The number of fused-ring (bicyclic) bond motifs is 2. The molecule has 0 spiro atoms. The third kappa shape index (κ3) is 5.07. The van der Waals surface area contributed by atoms with Gasteiger partial charge in [-0.1, -0.05) is 23.9 Å². The number of nitrogens with zero attached hydrogens (tertiary/aromatic N) is 4. The highest BCUT2D eigenvalue weighted by Gasteiger charge is 2.21. The SMILES string of the molecule is COc1ccc(-c2c(Sc3ccc(OCCN4CCOCC4)cc3)c3nc4ccccc4nc3n2C)cc1. The summed E-state index contributed by atoms with van der Waals surface area (Å²) < 4.78 is 19.0. The number of rotatable bonds is 8. The molecule has 8 heteroatoms. The van der Waals surface area contributed by atoms with Crippen LogP contribution in [0.1, 0.15) is 0 Å². The summed E-state index contributed by atoms with van der Waals surface area (Å²) in [4.78, 5) is 14.6. The van der Waals surface area contributed by atoms with Gasteiger partial charge in [-0.25, -0.2) is 9.97 Å². The number of benzene rings is 3. The molecule has 3 heterocycles. The Hall–Kier alpha value is -3.59. The van der Waals surface area contributed by atoms with E-state index in [1.54, 1.807) is 18.9 Å². The molecule has 3 aromatic carbocycles. The number of para-hydroxylation sites is 2. The second-order valence-electron chi connectivity index (χ2n) is 9.23. The maximum absolute atomic E-state index is 6.02. The van der Waals surface area contributed by atoms with Crippen molar-refractivity contribution in [3.05, 3.63) is 72.8 Å². The Morgan fingerprint density at radius 2 is 1.55 bits per heavy atom. The summed E-state index contributed by atoms with van der Waals surface area (Å²) in [5.41, 5.74) is 5.69. The van der Waals surface area contributed by atoms with E-state index in [4.69, 9.17) is 24.2 Å². The van der Waals surface area contributed by atoms with E-state index in [0.29, 0.717) is 6.61 Å². The van der Waals surface area contributed by atoms with Crippen molar-refractivity contribution < 1.29 is 14.2 Å². The highest BCUT2D eigenvalue weighted by Crippen LogP contribution is 2.42. The first kappa shape index (κ1) is 24.7. The molecule has 0 saturated carbocycles.